The lowest BCUT2D eigenvalue weighted by molar-refractivity contribution is 0.379. The minimum absolute atomic E-state index is 0.480. The van der Waals surface area contributed by atoms with E-state index in [2.05, 4.69) is 42.2 Å². The van der Waals surface area contributed by atoms with Crippen LogP contribution in [-0.2, 0) is 0 Å². The van der Waals surface area contributed by atoms with E-state index in [-0.39, 0.29) is 0 Å². The molecule has 0 aliphatic heterocycles. The van der Waals surface area contributed by atoms with Gasteiger partial charge in [-0.2, -0.15) is 4.98 Å². The molecule has 0 unspecified atom stereocenters. The van der Waals surface area contributed by atoms with E-state index in [1.165, 1.54) is 18.4 Å². The van der Waals surface area contributed by atoms with E-state index in [9.17, 15) is 0 Å². The standard InChI is InChI=1S/C14H20N4/c1-10(2)14(6-7-14)9-15-13-16-12-5-4-11(3)8-18(12)17-13/h4-5,8,10H,6-7,9H2,1-3H3,(H,15,17). The predicted molar refractivity (Wildman–Crippen MR) is 72.7 cm³/mol. The minimum atomic E-state index is 0.480. The van der Waals surface area contributed by atoms with Gasteiger partial charge in [-0.05, 0) is 42.7 Å². The van der Waals surface area contributed by atoms with Gasteiger partial charge >= 0.3 is 0 Å². The quantitative estimate of drug-likeness (QED) is 0.899. The third-order valence-electron chi connectivity index (χ3n) is 4.19. The molecule has 2 heterocycles. The number of pyridine rings is 1. The van der Waals surface area contributed by atoms with Crippen molar-refractivity contribution in [2.75, 3.05) is 11.9 Å². The van der Waals surface area contributed by atoms with Crippen molar-refractivity contribution in [3.63, 3.8) is 0 Å². The first-order valence-electron chi connectivity index (χ1n) is 6.66. The van der Waals surface area contributed by atoms with Crippen molar-refractivity contribution >= 4 is 11.6 Å². The SMILES string of the molecule is Cc1ccc2nc(NCC3(C(C)C)CC3)nn2c1. The number of fused-ring (bicyclic) bond motifs is 1. The van der Waals surface area contributed by atoms with E-state index in [1.807, 2.05) is 16.8 Å². The summed E-state index contributed by atoms with van der Waals surface area (Å²) >= 11 is 0. The second kappa shape index (κ2) is 3.97. The molecule has 4 nitrogen and oxygen atoms in total. The molecule has 2 aromatic rings. The molecule has 1 fully saturated rings. The first-order chi connectivity index (χ1) is 8.59. The van der Waals surface area contributed by atoms with E-state index in [0.717, 1.165) is 24.1 Å². The molecule has 1 aliphatic carbocycles. The molecular formula is C14H20N4. The van der Waals surface area contributed by atoms with Crippen LogP contribution in [0.3, 0.4) is 0 Å². The van der Waals surface area contributed by atoms with Crippen LogP contribution in [0.4, 0.5) is 5.95 Å². The normalized spacial score (nSPS) is 17.3. The number of hydrogen-bond donors (Lipinski definition) is 1. The Labute approximate surface area is 107 Å². The fourth-order valence-corrected chi connectivity index (χ4v) is 2.43. The van der Waals surface area contributed by atoms with Gasteiger partial charge in [0.25, 0.3) is 0 Å². The molecule has 0 amide bonds. The van der Waals surface area contributed by atoms with Crippen molar-refractivity contribution in [3.8, 4) is 0 Å². The summed E-state index contributed by atoms with van der Waals surface area (Å²) in [5.41, 5.74) is 2.57. The van der Waals surface area contributed by atoms with Gasteiger partial charge in [-0.15, -0.1) is 5.10 Å². The number of hydrogen-bond acceptors (Lipinski definition) is 3. The summed E-state index contributed by atoms with van der Waals surface area (Å²) in [6, 6.07) is 4.06. The Bertz CT molecular complexity index is 566. The number of aromatic nitrogens is 3. The maximum atomic E-state index is 4.48. The van der Waals surface area contributed by atoms with Crippen LogP contribution < -0.4 is 5.32 Å². The summed E-state index contributed by atoms with van der Waals surface area (Å²) in [7, 11) is 0. The maximum absolute atomic E-state index is 4.48. The zero-order chi connectivity index (χ0) is 12.8. The number of nitrogens with zero attached hydrogens (tertiary/aromatic N) is 3. The molecular weight excluding hydrogens is 224 g/mol. The van der Waals surface area contributed by atoms with Crippen LogP contribution in [0, 0.1) is 18.3 Å². The van der Waals surface area contributed by atoms with Gasteiger partial charge < -0.3 is 5.32 Å². The number of aryl methyl sites for hydroxylation is 1. The largest absolute Gasteiger partial charge is 0.352 e. The molecule has 18 heavy (non-hydrogen) atoms. The Kier molecular flexibility index (Phi) is 2.54. The van der Waals surface area contributed by atoms with Crippen LogP contribution in [0.5, 0.6) is 0 Å². The van der Waals surface area contributed by atoms with Crippen molar-refractivity contribution in [1.29, 1.82) is 0 Å². The predicted octanol–water partition coefficient (Wildman–Crippen LogP) is 2.89. The van der Waals surface area contributed by atoms with Crippen molar-refractivity contribution in [2.45, 2.75) is 33.6 Å². The van der Waals surface area contributed by atoms with Crippen molar-refractivity contribution < 1.29 is 0 Å². The Balaban J connectivity index is 1.75. The molecule has 0 saturated heterocycles. The molecule has 1 N–H and O–H groups in total. The van der Waals surface area contributed by atoms with Crippen molar-refractivity contribution in [3.05, 3.63) is 23.9 Å². The zero-order valence-electron chi connectivity index (χ0n) is 11.3. The van der Waals surface area contributed by atoms with E-state index >= 15 is 0 Å². The summed E-state index contributed by atoms with van der Waals surface area (Å²) in [4.78, 5) is 4.48. The Morgan fingerprint density at radius 1 is 1.39 bits per heavy atom. The van der Waals surface area contributed by atoms with E-state index in [4.69, 9.17) is 0 Å². The smallest absolute Gasteiger partial charge is 0.243 e. The highest BCUT2D eigenvalue weighted by Gasteiger charge is 2.45. The third-order valence-corrected chi connectivity index (χ3v) is 4.19. The minimum Gasteiger partial charge on any atom is -0.352 e. The van der Waals surface area contributed by atoms with Gasteiger partial charge in [-0.1, -0.05) is 19.9 Å². The second-order valence-corrected chi connectivity index (χ2v) is 5.82. The molecule has 0 atom stereocenters. The Morgan fingerprint density at radius 2 is 2.17 bits per heavy atom. The van der Waals surface area contributed by atoms with Crippen LogP contribution >= 0.6 is 0 Å². The van der Waals surface area contributed by atoms with Crippen molar-refractivity contribution in [2.24, 2.45) is 11.3 Å². The lowest BCUT2D eigenvalue weighted by atomic mass is 9.92. The summed E-state index contributed by atoms with van der Waals surface area (Å²) < 4.78 is 1.84. The monoisotopic (exact) mass is 244 g/mol. The van der Waals surface area contributed by atoms with Crippen molar-refractivity contribution in [1.82, 2.24) is 14.6 Å². The highest BCUT2D eigenvalue weighted by atomic mass is 15.3. The van der Waals surface area contributed by atoms with E-state index < -0.39 is 0 Å². The summed E-state index contributed by atoms with van der Waals surface area (Å²) in [6.07, 6.45) is 4.65. The van der Waals surface area contributed by atoms with Gasteiger partial charge in [-0.25, -0.2) is 4.52 Å². The fraction of sp³-hybridized carbons (Fsp3) is 0.571. The number of rotatable bonds is 4. The molecule has 96 valence electrons. The van der Waals surface area contributed by atoms with Gasteiger partial charge in [0.2, 0.25) is 5.95 Å². The maximum Gasteiger partial charge on any atom is 0.243 e. The van der Waals surface area contributed by atoms with Gasteiger partial charge in [0.05, 0.1) is 0 Å². The molecule has 1 saturated carbocycles. The lowest BCUT2D eigenvalue weighted by Gasteiger charge is -2.19. The van der Waals surface area contributed by atoms with Crippen LogP contribution in [0.25, 0.3) is 5.65 Å². The van der Waals surface area contributed by atoms with Crippen LogP contribution in [0.1, 0.15) is 32.3 Å². The van der Waals surface area contributed by atoms with Gasteiger partial charge in [0.1, 0.15) is 0 Å². The fourth-order valence-electron chi connectivity index (χ4n) is 2.43. The Hall–Kier alpha value is -1.58. The topological polar surface area (TPSA) is 42.2 Å². The molecule has 3 rings (SSSR count). The molecule has 4 heteroatoms. The average molecular weight is 244 g/mol. The molecule has 1 aliphatic rings. The molecule has 0 spiro atoms. The third kappa shape index (κ3) is 1.96. The van der Waals surface area contributed by atoms with Crippen LogP contribution in [0.15, 0.2) is 18.3 Å². The highest BCUT2D eigenvalue weighted by Crippen LogP contribution is 2.51. The van der Waals surface area contributed by atoms with Crippen LogP contribution in [0.2, 0.25) is 0 Å². The first kappa shape index (κ1) is 11.5. The number of anilines is 1. The first-order valence-corrected chi connectivity index (χ1v) is 6.66. The van der Waals surface area contributed by atoms with Gasteiger partial charge in [-0.3, -0.25) is 0 Å². The summed E-state index contributed by atoms with van der Waals surface area (Å²) in [5, 5.41) is 7.85. The van der Waals surface area contributed by atoms with Gasteiger partial charge in [0, 0.05) is 12.7 Å². The lowest BCUT2D eigenvalue weighted by Crippen LogP contribution is -2.21. The molecule has 0 aromatic carbocycles. The summed E-state index contributed by atoms with van der Waals surface area (Å²) in [6.45, 7) is 7.65. The summed E-state index contributed by atoms with van der Waals surface area (Å²) in [5.74, 6) is 1.47. The van der Waals surface area contributed by atoms with E-state index in [0.29, 0.717) is 5.41 Å². The average Bonchev–Trinajstić information content (AvgIpc) is 3.02. The highest BCUT2D eigenvalue weighted by molar-refractivity contribution is 5.44. The molecule has 2 aromatic heterocycles. The van der Waals surface area contributed by atoms with E-state index in [1.54, 1.807) is 0 Å². The molecule has 0 bridgehead atoms. The second-order valence-electron chi connectivity index (χ2n) is 5.82. The van der Waals surface area contributed by atoms with Gasteiger partial charge in [0.15, 0.2) is 5.65 Å². The Morgan fingerprint density at radius 3 is 2.83 bits per heavy atom. The zero-order valence-corrected chi connectivity index (χ0v) is 11.3. The molecule has 0 radical (unpaired) electrons. The number of nitrogens with one attached hydrogen (secondary N) is 1. The van der Waals surface area contributed by atoms with Crippen LogP contribution in [-0.4, -0.2) is 21.1 Å².